The Morgan fingerprint density at radius 2 is 1.58 bits per heavy atom. The highest BCUT2D eigenvalue weighted by atomic mass is 19.4. The number of rotatable bonds is 5. The van der Waals surface area contributed by atoms with Gasteiger partial charge in [0.05, 0.1) is 0 Å². The van der Waals surface area contributed by atoms with E-state index in [0.29, 0.717) is 5.56 Å². The van der Waals surface area contributed by atoms with Gasteiger partial charge in [-0.15, -0.1) is 0 Å². The molecule has 9 heteroatoms. The number of likely N-dealkylation sites (tertiary alicyclic amines) is 1. The Bertz CT molecular complexity index is 642. The molecule has 0 spiro atoms. The second kappa shape index (κ2) is 8.68. The molecule has 1 aliphatic heterocycles. The molecule has 2 N–H and O–H groups in total. The zero-order chi connectivity index (χ0) is 19.2. The van der Waals surface area contributed by atoms with Gasteiger partial charge in [0.15, 0.2) is 0 Å². The van der Waals surface area contributed by atoms with Crippen LogP contribution in [-0.4, -0.2) is 55.0 Å². The number of benzene rings is 1. The molecule has 1 aliphatic rings. The molecule has 0 bridgehead atoms. The van der Waals surface area contributed by atoms with Gasteiger partial charge in [0.2, 0.25) is 5.91 Å². The molecule has 2 rings (SSSR count). The molecule has 1 aromatic carbocycles. The van der Waals surface area contributed by atoms with E-state index in [0.717, 1.165) is 4.90 Å². The van der Waals surface area contributed by atoms with Crippen molar-refractivity contribution in [2.75, 3.05) is 26.2 Å². The number of carbonyl (C=O) groups excluding carboxylic acids is 3. The van der Waals surface area contributed by atoms with E-state index in [-0.39, 0.29) is 50.8 Å². The fourth-order valence-electron chi connectivity index (χ4n) is 2.72. The van der Waals surface area contributed by atoms with Gasteiger partial charge in [-0.1, -0.05) is 18.2 Å². The molecule has 0 aliphatic carbocycles. The van der Waals surface area contributed by atoms with Gasteiger partial charge in [-0.3, -0.25) is 14.4 Å². The first kappa shape index (κ1) is 19.7. The zero-order valence-electron chi connectivity index (χ0n) is 14.0. The molecule has 3 amide bonds. The second-order valence-electron chi connectivity index (χ2n) is 5.98. The molecule has 0 radical (unpaired) electrons. The van der Waals surface area contributed by atoms with Gasteiger partial charge in [0.1, 0.15) is 0 Å². The molecule has 0 aromatic heterocycles. The molecule has 1 aromatic rings. The topological polar surface area (TPSA) is 78.5 Å². The molecular weight excluding hydrogens is 351 g/mol. The quantitative estimate of drug-likeness (QED) is 0.767. The fraction of sp³-hybridized carbons (Fsp3) is 0.471. The van der Waals surface area contributed by atoms with Crippen LogP contribution in [0, 0.1) is 5.92 Å². The van der Waals surface area contributed by atoms with Gasteiger partial charge >= 0.3 is 12.1 Å². The van der Waals surface area contributed by atoms with Crippen LogP contribution in [0.4, 0.5) is 13.2 Å². The number of amides is 3. The van der Waals surface area contributed by atoms with Crippen molar-refractivity contribution in [1.29, 1.82) is 0 Å². The molecule has 6 nitrogen and oxygen atoms in total. The van der Waals surface area contributed by atoms with Gasteiger partial charge in [-0.05, 0) is 25.0 Å². The summed E-state index contributed by atoms with van der Waals surface area (Å²) in [4.78, 5) is 35.7. The average molecular weight is 371 g/mol. The Balaban J connectivity index is 1.66. The number of nitrogens with one attached hydrogen (secondary N) is 2. The second-order valence-corrected chi connectivity index (χ2v) is 5.98. The van der Waals surface area contributed by atoms with Gasteiger partial charge < -0.3 is 15.5 Å². The molecule has 142 valence electrons. The van der Waals surface area contributed by atoms with Crippen LogP contribution in [-0.2, 0) is 9.59 Å². The summed E-state index contributed by atoms with van der Waals surface area (Å²) in [5, 5.41) is 5.32. The van der Waals surface area contributed by atoms with E-state index in [9.17, 15) is 27.6 Å². The van der Waals surface area contributed by atoms with Crippen molar-refractivity contribution in [2.45, 2.75) is 19.0 Å². The minimum Gasteiger partial charge on any atom is -0.354 e. The standard InChI is InChI=1S/C17H20F3N3O3/c18-17(19,20)16(26)23-10-6-13(7-11-23)15(25)22-9-8-21-14(24)12-4-2-1-3-5-12/h1-5,13H,6-11H2,(H,21,24)(H,22,25). The molecule has 0 atom stereocenters. The minimum absolute atomic E-state index is 0.0961. The van der Waals surface area contributed by atoms with Crippen LogP contribution in [0.2, 0.25) is 0 Å². The summed E-state index contributed by atoms with van der Waals surface area (Å²) < 4.78 is 37.1. The number of piperidine rings is 1. The van der Waals surface area contributed by atoms with E-state index in [2.05, 4.69) is 10.6 Å². The first-order chi connectivity index (χ1) is 12.3. The third-order valence-corrected chi connectivity index (χ3v) is 4.14. The number of alkyl halides is 3. The van der Waals surface area contributed by atoms with Crippen LogP contribution in [0.1, 0.15) is 23.2 Å². The number of halogens is 3. The van der Waals surface area contributed by atoms with E-state index >= 15 is 0 Å². The minimum atomic E-state index is -4.88. The van der Waals surface area contributed by atoms with Gasteiger partial charge in [0.25, 0.3) is 5.91 Å². The summed E-state index contributed by atoms with van der Waals surface area (Å²) in [6.07, 6.45) is -4.51. The monoisotopic (exact) mass is 371 g/mol. The fourth-order valence-corrected chi connectivity index (χ4v) is 2.72. The Kier molecular flexibility index (Phi) is 6.59. The number of hydrogen-bond donors (Lipinski definition) is 2. The molecule has 0 unspecified atom stereocenters. The third kappa shape index (κ3) is 5.47. The SMILES string of the molecule is O=C(NCCNC(=O)C1CCN(C(=O)C(F)(F)F)CC1)c1ccccc1. The average Bonchev–Trinajstić information content (AvgIpc) is 2.64. The lowest BCUT2D eigenvalue weighted by atomic mass is 9.96. The van der Waals surface area contributed by atoms with Gasteiger partial charge in [-0.25, -0.2) is 0 Å². The van der Waals surface area contributed by atoms with Crippen LogP contribution in [0.15, 0.2) is 30.3 Å². The zero-order valence-corrected chi connectivity index (χ0v) is 14.0. The molecule has 26 heavy (non-hydrogen) atoms. The lowest BCUT2D eigenvalue weighted by molar-refractivity contribution is -0.186. The van der Waals surface area contributed by atoms with Crippen molar-refractivity contribution < 1.29 is 27.6 Å². The predicted octanol–water partition coefficient (Wildman–Crippen LogP) is 1.33. The summed E-state index contributed by atoms with van der Waals surface area (Å²) in [7, 11) is 0. The van der Waals surface area contributed by atoms with E-state index in [4.69, 9.17) is 0 Å². The molecular formula is C17H20F3N3O3. The lowest BCUT2D eigenvalue weighted by Gasteiger charge is -2.31. The maximum absolute atomic E-state index is 12.4. The van der Waals surface area contributed by atoms with Crippen molar-refractivity contribution in [3.63, 3.8) is 0 Å². The van der Waals surface area contributed by atoms with E-state index in [1.807, 2.05) is 0 Å². The van der Waals surface area contributed by atoms with Crippen molar-refractivity contribution >= 4 is 17.7 Å². The van der Waals surface area contributed by atoms with Crippen molar-refractivity contribution in [2.24, 2.45) is 5.92 Å². The van der Waals surface area contributed by atoms with E-state index in [1.165, 1.54) is 0 Å². The van der Waals surface area contributed by atoms with Crippen LogP contribution in [0.25, 0.3) is 0 Å². The highest BCUT2D eigenvalue weighted by molar-refractivity contribution is 5.94. The highest BCUT2D eigenvalue weighted by Gasteiger charge is 2.43. The summed E-state index contributed by atoms with van der Waals surface area (Å²) in [5.41, 5.74) is 0.514. The van der Waals surface area contributed by atoms with Crippen LogP contribution >= 0.6 is 0 Å². The van der Waals surface area contributed by atoms with Gasteiger partial charge in [0, 0.05) is 37.7 Å². The Morgan fingerprint density at radius 3 is 2.15 bits per heavy atom. The molecule has 1 heterocycles. The highest BCUT2D eigenvalue weighted by Crippen LogP contribution is 2.23. The van der Waals surface area contributed by atoms with Gasteiger partial charge in [-0.2, -0.15) is 13.2 Å². The largest absolute Gasteiger partial charge is 0.471 e. The maximum atomic E-state index is 12.4. The summed E-state index contributed by atoms with van der Waals surface area (Å²) in [6.45, 7) is 0.270. The lowest BCUT2D eigenvalue weighted by Crippen LogP contribution is -2.48. The number of carbonyl (C=O) groups is 3. The Labute approximate surface area is 148 Å². The third-order valence-electron chi connectivity index (χ3n) is 4.14. The number of hydrogen-bond acceptors (Lipinski definition) is 3. The first-order valence-electron chi connectivity index (χ1n) is 8.26. The predicted molar refractivity (Wildman–Crippen MR) is 87.1 cm³/mol. The van der Waals surface area contributed by atoms with Crippen LogP contribution in [0.3, 0.4) is 0 Å². The van der Waals surface area contributed by atoms with Crippen LogP contribution < -0.4 is 10.6 Å². The van der Waals surface area contributed by atoms with Crippen LogP contribution in [0.5, 0.6) is 0 Å². The van der Waals surface area contributed by atoms with Crippen molar-refractivity contribution in [3.05, 3.63) is 35.9 Å². The van der Waals surface area contributed by atoms with Crippen molar-refractivity contribution in [1.82, 2.24) is 15.5 Å². The Hall–Kier alpha value is -2.58. The molecule has 0 saturated carbocycles. The smallest absolute Gasteiger partial charge is 0.354 e. The molecule has 1 fully saturated rings. The maximum Gasteiger partial charge on any atom is 0.471 e. The summed E-state index contributed by atoms with van der Waals surface area (Å²) in [6, 6.07) is 8.62. The summed E-state index contributed by atoms with van der Waals surface area (Å²) in [5.74, 6) is -2.83. The Morgan fingerprint density at radius 1 is 1.00 bits per heavy atom. The molecule has 1 saturated heterocycles. The van der Waals surface area contributed by atoms with E-state index in [1.54, 1.807) is 30.3 Å². The number of nitrogens with zero attached hydrogens (tertiary/aromatic N) is 1. The van der Waals surface area contributed by atoms with Crippen molar-refractivity contribution in [3.8, 4) is 0 Å². The van der Waals surface area contributed by atoms with E-state index < -0.39 is 18.0 Å². The summed E-state index contributed by atoms with van der Waals surface area (Å²) >= 11 is 0. The normalized spacial score (nSPS) is 15.4. The first-order valence-corrected chi connectivity index (χ1v) is 8.26.